The summed E-state index contributed by atoms with van der Waals surface area (Å²) in [6.45, 7) is 0. The second kappa shape index (κ2) is 4.46. The van der Waals surface area contributed by atoms with E-state index in [1.54, 1.807) is 22.7 Å². The summed E-state index contributed by atoms with van der Waals surface area (Å²) in [4.78, 5) is 12.7. The van der Waals surface area contributed by atoms with Crippen LogP contribution in [0, 0.1) is 0 Å². The molecule has 1 amide bonds. The summed E-state index contributed by atoms with van der Waals surface area (Å²) in [5.41, 5.74) is 0. The Bertz CT molecular complexity index is 388. The number of rotatable bonds is 3. The average Bonchev–Trinajstić information content (AvgIpc) is 2.87. The van der Waals surface area contributed by atoms with Crippen LogP contribution in [0.25, 0.3) is 0 Å². The van der Waals surface area contributed by atoms with E-state index in [9.17, 15) is 4.79 Å². The maximum Gasteiger partial charge on any atom is 0.405 e. The van der Waals surface area contributed by atoms with Gasteiger partial charge in [0, 0.05) is 9.75 Å². The predicted octanol–water partition coefficient (Wildman–Crippen LogP) is 3.17. The van der Waals surface area contributed by atoms with E-state index in [4.69, 9.17) is 5.11 Å². The molecule has 0 radical (unpaired) electrons. The van der Waals surface area contributed by atoms with Crippen molar-refractivity contribution in [2.24, 2.45) is 0 Å². The van der Waals surface area contributed by atoms with E-state index in [1.165, 1.54) is 0 Å². The molecule has 0 spiro atoms. The molecule has 5 heteroatoms. The highest BCUT2D eigenvalue weighted by molar-refractivity contribution is 7.11. The van der Waals surface area contributed by atoms with Gasteiger partial charge in [0.2, 0.25) is 0 Å². The summed E-state index contributed by atoms with van der Waals surface area (Å²) in [6.07, 6.45) is -0.998. The van der Waals surface area contributed by atoms with E-state index in [-0.39, 0.29) is 6.04 Å². The third kappa shape index (κ3) is 2.37. The minimum absolute atomic E-state index is 0.234. The molecule has 0 unspecified atom stereocenters. The maximum absolute atomic E-state index is 10.7. The first kappa shape index (κ1) is 10.2. The van der Waals surface area contributed by atoms with Crippen LogP contribution in [0.15, 0.2) is 35.0 Å². The minimum Gasteiger partial charge on any atom is -0.465 e. The number of hydrogen-bond donors (Lipinski definition) is 2. The van der Waals surface area contributed by atoms with Gasteiger partial charge in [-0.1, -0.05) is 12.1 Å². The Morgan fingerprint density at radius 2 is 1.73 bits per heavy atom. The van der Waals surface area contributed by atoms with Gasteiger partial charge in [0.15, 0.2) is 0 Å². The lowest BCUT2D eigenvalue weighted by molar-refractivity contribution is 0.192. The van der Waals surface area contributed by atoms with E-state index in [1.807, 2.05) is 35.0 Å². The standard InChI is InChI=1S/C10H9NO2S2/c12-10(13)11-9(7-3-1-5-14-7)8-4-2-6-15-8/h1-6,9,11H,(H,12,13). The smallest absolute Gasteiger partial charge is 0.405 e. The fraction of sp³-hybridized carbons (Fsp3) is 0.100. The summed E-state index contributed by atoms with van der Waals surface area (Å²) in [5.74, 6) is 0. The summed E-state index contributed by atoms with van der Waals surface area (Å²) >= 11 is 3.10. The monoisotopic (exact) mass is 239 g/mol. The normalized spacial score (nSPS) is 10.5. The lowest BCUT2D eigenvalue weighted by Crippen LogP contribution is -2.26. The molecule has 0 atom stereocenters. The zero-order valence-electron chi connectivity index (χ0n) is 7.71. The molecule has 0 saturated heterocycles. The fourth-order valence-corrected chi connectivity index (χ4v) is 2.98. The van der Waals surface area contributed by atoms with Crippen molar-refractivity contribution in [2.45, 2.75) is 6.04 Å². The molecule has 2 heterocycles. The summed E-state index contributed by atoms with van der Waals surface area (Å²) in [5, 5.41) is 15.2. The van der Waals surface area contributed by atoms with Crippen LogP contribution in [0.3, 0.4) is 0 Å². The van der Waals surface area contributed by atoms with Crippen LogP contribution in [0.2, 0.25) is 0 Å². The van der Waals surface area contributed by atoms with Crippen LogP contribution in [0.1, 0.15) is 15.8 Å². The molecule has 0 aliphatic rings. The first-order valence-corrected chi connectivity index (χ1v) is 6.09. The molecular weight excluding hydrogens is 230 g/mol. The van der Waals surface area contributed by atoms with Crippen molar-refractivity contribution < 1.29 is 9.90 Å². The molecule has 78 valence electrons. The predicted molar refractivity (Wildman–Crippen MR) is 61.6 cm³/mol. The first-order chi connectivity index (χ1) is 7.27. The Hall–Kier alpha value is -1.33. The van der Waals surface area contributed by atoms with E-state index < -0.39 is 6.09 Å². The van der Waals surface area contributed by atoms with Crippen molar-refractivity contribution in [2.75, 3.05) is 0 Å². The van der Waals surface area contributed by atoms with Crippen molar-refractivity contribution in [1.29, 1.82) is 0 Å². The zero-order valence-corrected chi connectivity index (χ0v) is 9.35. The fourth-order valence-electron chi connectivity index (χ4n) is 1.32. The molecule has 0 fully saturated rings. The molecule has 15 heavy (non-hydrogen) atoms. The highest BCUT2D eigenvalue weighted by Crippen LogP contribution is 2.28. The van der Waals surface area contributed by atoms with E-state index >= 15 is 0 Å². The molecule has 0 aliphatic heterocycles. The van der Waals surface area contributed by atoms with Gasteiger partial charge in [-0.25, -0.2) is 4.79 Å². The Morgan fingerprint density at radius 1 is 1.20 bits per heavy atom. The lowest BCUT2D eigenvalue weighted by atomic mass is 10.2. The minimum atomic E-state index is -0.998. The van der Waals surface area contributed by atoms with Crippen LogP contribution >= 0.6 is 22.7 Å². The molecule has 0 aromatic carbocycles. The van der Waals surface area contributed by atoms with Gasteiger partial charge in [-0.2, -0.15) is 0 Å². The van der Waals surface area contributed by atoms with Crippen molar-refractivity contribution in [1.82, 2.24) is 5.32 Å². The van der Waals surface area contributed by atoms with Gasteiger partial charge < -0.3 is 10.4 Å². The van der Waals surface area contributed by atoms with Gasteiger partial charge in [-0.05, 0) is 22.9 Å². The zero-order chi connectivity index (χ0) is 10.7. The van der Waals surface area contributed by atoms with Crippen molar-refractivity contribution in [3.05, 3.63) is 44.8 Å². The number of thiophene rings is 2. The third-order valence-corrected chi connectivity index (χ3v) is 3.80. The third-order valence-electron chi connectivity index (χ3n) is 1.92. The molecule has 0 aliphatic carbocycles. The summed E-state index contributed by atoms with van der Waals surface area (Å²) in [6, 6.07) is 7.48. The molecule has 2 rings (SSSR count). The Labute approximate surface area is 95.0 Å². The average molecular weight is 239 g/mol. The maximum atomic E-state index is 10.7. The number of nitrogens with one attached hydrogen (secondary N) is 1. The number of carboxylic acid groups (broad SMARTS) is 1. The lowest BCUT2D eigenvalue weighted by Gasteiger charge is -2.13. The van der Waals surface area contributed by atoms with E-state index in [0.717, 1.165) is 9.75 Å². The van der Waals surface area contributed by atoms with E-state index in [2.05, 4.69) is 5.32 Å². The SMILES string of the molecule is O=C(O)NC(c1cccs1)c1cccs1. The Kier molecular flexibility index (Phi) is 3.03. The molecular formula is C10H9NO2S2. The first-order valence-electron chi connectivity index (χ1n) is 4.33. The Morgan fingerprint density at radius 3 is 2.07 bits per heavy atom. The topological polar surface area (TPSA) is 49.3 Å². The summed E-state index contributed by atoms with van der Waals surface area (Å²) < 4.78 is 0. The highest BCUT2D eigenvalue weighted by Gasteiger charge is 2.17. The van der Waals surface area contributed by atoms with Gasteiger partial charge in [0.05, 0.1) is 0 Å². The van der Waals surface area contributed by atoms with Gasteiger partial charge in [0.25, 0.3) is 0 Å². The number of carbonyl (C=O) groups is 1. The van der Waals surface area contributed by atoms with Crippen molar-refractivity contribution >= 4 is 28.8 Å². The van der Waals surface area contributed by atoms with Crippen LogP contribution in [0.4, 0.5) is 4.79 Å². The second-order valence-corrected chi connectivity index (χ2v) is 4.87. The second-order valence-electron chi connectivity index (χ2n) is 2.91. The van der Waals surface area contributed by atoms with Gasteiger partial charge in [-0.15, -0.1) is 22.7 Å². The number of amides is 1. The molecule has 2 aromatic heterocycles. The molecule has 2 N–H and O–H groups in total. The molecule has 0 saturated carbocycles. The van der Waals surface area contributed by atoms with Crippen LogP contribution in [0.5, 0.6) is 0 Å². The number of hydrogen-bond acceptors (Lipinski definition) is 3. The van der Waals surface area contributed by atoms with Crippen LogP contribution in [-0.4, -0.2) is 11.2 Å². The van der Waals surface area contributed by atoms with Crippen molar-refractivity contribution in [3.8, 4) is 0 Å². The largest absolute Gasteiger partial charge is 0.465 e. The summed E-state index contributed by atoms with van der Waals surface area (Å²) in [7, 11) is 0. The molecule has 3 nitrogen and oxygen atoms in total. The van der Waals surface area contributed by atoms with Crippen LogP contribution < -0.4 is 5.32 Å². The van der Waals surface area contributed by atoms with Gasteiger partial charge in [-0.3, -0.25) is 0 Å². The van der Waals surface area contributed by atoms with Gasteiger partial charge >= 0.3 is 6.09 Å². The van der Waals surface area contributed by atoms with E-state index in [0.29, 0.717) is 0 Å². The van der Waals surface area contributed by atoms with Gasteiger partial charge in [0.1, 0.15) is 6.04 Å². The Balaban J connectivity index is 2.29. The van der Waals surface area contributed by atoms with Crippen molar-refractivity contribution in [3.63, 3.8) is 0 Å². The molecule has 2 aromatic rings. The van der Waals surface area contributed by atoms with Crippen LogP contribution in [-0.2, 0) is 0 Å². The quantitative estimate of drug-likeness (QED) is 0.864. The molecule has 0 bridgehead atoms. The highest BCUT2D eigenvalue weighted by atomic mass is 32.1.